The quantitative estimate of drug-likeness (QED) is 0.501. The molecule has 0 aromatic heterocycles. The van der Waals surface area contributed by atoms with Crippen molar-refractivity contribution in [2.45, 2.75) is 32.9 Å². The van der Waals surface area contributed by atoms with Crippen molar-refractivity contribution < 1.29 is 47.4 Å². The van der Waals surface area contributed by atoms with Gasteiger partial charge in [0, 0.05) is 13.6 Å². The molecule has 0 atom stereocenters. The molecule has 11 nitrogen and oxygen atoms in total. The molecule has 0 saturated carbocycles. The number of carbonyl (C=O) groups is 1. The third-order valence-electron chi connectivity index (χ3n) is 5.67. The summed E-state index contributed by atoms with van der Waals surface area (Å²) in [4.78, 5) is 13.9. The number of carbonyl (C=O) groups excluding carboxylic acids is 1. The first kappa shape index (κ1) is 33.3. The van der Waals surface area contributed by atoms with E-state index in [0.29, 0.717) is 109 Å². The highest BCUT2D eigenvalue weighted by molar-refractivity contribution is 5.67. The van der Waals surface area contributed by atoms with Crippen LogP contribution in [0.2, 0.25) is 0 Å². The highest BCUT2D eigenvalue weighted by atomic mass is 16.6. The number of nitrogens with zero attached hydrogens (tertiary/aromatic N) is 1. The molecule has 1 amide bonds. The molecule has 42 heavy (non-hydrogen) atoms. The van der Waals surface area contributed by atoms with Crippen LogP contribution in [0.15, 0.2) is 42.5 Å². The van der Waals surface area contributed by atoms with E-state index in [-0.39, 0.29) is 0 Å². The highest BCUT2D eigenvalue weighted by Gasteiger charge is 2.20. The second-order valence-electron chi connectivity index (χ2n) is 10.4. The van der Waals surface area contributed by atoms with Crippen LogP contribution in [-0.2, 0) is 30.2 Å². The lowest BCUT2D eigenvalue weighted by atomic mass is 10.2. The monoisotopic (exact) mass is 591 g/mol. The van der Waals surface area contributed by atoms with Crippen LogP contribution in [0.4, 0.5) is 4.79 Å². The summed E-state index contributed by atoms with van der Waals surface area (Å²) >= 11 is 0. The predicted molar refractivity (Wildman–Crippen MR) is 156 cm³/mol. The van der Waals surface area contributed by atoms with Crippen molar-refractivity contribution in [1.82, 2.24) is 4.90 Å². The molecule has 1 aliphatic rings. The Hall–Kier alpha value is -3.25. The fourth-order valence-electron chi connectivity index (χ4n) is 3.74. The van der Waals surface area contributed by atoms with Crippen LogP contribution in [0.25, 0.3) is 0 Å². The van der Waals surface area contributed by atoms with E-state index in [1.807, 2.05) is 63.2 Å². The molecule has 234 valence electrons. The Kier molecular flexibility index (Phi) is 14.5. The average molecular weight is 592 g/mol. The Balaban J connectivity index is 1.53. The van der Waals surface area contributed by atoms with Crippen molar-refractivity contribution in [3.8, 4) is 23.0 Å². The molecule has 0 N–H and O–H groups in total. The second kappa shape index (κ2) is 18.3. The molecule has 0 unspecified atom stereocenters. The number of amides is 1. The van der Waals surface area contributed by atoms with E-state index in [2.05, 4.69) is 0 Å². The maximum absolute atomic E-state index is 12.4. The summed E-state index contributed by atoms with van der Waals surface area (Å²) in [5, 5.41) is 0. The van der Waals surface area contributed by atoms with E-state index in [1.54, 1.807) is 7.05 Å². The van der Waals surface area contributed by atoms with Crippen molar-refractivity contribution in [1.29, 1.82) is 0 Å². The number of rotatable bonds is 2. The highest BCUT2D eigenvalue weighted by Crippen LogP contribution is 2.29. The Bertz CT molecular complexity index is 1060. The number of ether oxygens (including phenoxy) is 9. The van der Waals surface area contributed by atoms with Gasteiger partial charge in [0.15, 0.2) is 23.0 Å². The molecule has 0 radical (unpaired) electrons. The minimum atomic E-state index is -0.570. The molecular formula is C31H45NO10. The van der Waals surface area contributed by atoms with E-state index in [1.165, 1.54) is 4.90 Å². The molecule has 1 heterocycles. The van der Waals surface area contributed by atoms with Crippen LogP contribution in [0.5, 0.6) is 23.0 Å². The Labute approximate surface area is 248 Å². The molecule has 11 heteroatoms. The number of hydrogen-bond donors (Lipinski definition) is 0. The van der Waals surface area contributed by atoms with Crippen molar-refractivity contribution in [2.24, 2.45) is 0 Å². The first-order chi connectivity index (χ1) is 20.3. The lowest BCUT2D eigenvalue weighted by Crippen LogP contribution is -2.33. The number of benzene rings is 2. The fourth-order valence-corrected chi connectivity index (χ4v) is 3.74. The van der Waals surface area contributed by atoms with Crippen LogP contribution >= 0.6 is 0 Å². The zero-order valence-electron chi connectivity index (χ0n) is 25.3. The van der Waals surface area contributed by atoms with E-state index < -0.39 is 11.7 Å². The summed E-state index contributed by atoms with van der Waals surface area (Å²) in [5.41, 5.74) is 0.300. The largest absolute Gasteiger partial charge is 0.487 e. The lowest BCUT2D eigenvalue weighted by Gasteiger charge is -2.25. The van der Waals surface area contributed by atoms with Gasteiger partial charge in [-0.1, -0.05) is 18.2 Å². The fraction of sp³-hybridized carbons (Fsp3) is 0.581. The van der Waals surface area contributed by atoms with Gasteiger partial charge >= 0.3 is 6.09 Å². The average Bonchev–Trinajstić information content (AvgIpc) is 2.95. The summed E-state index contributed by atoms with van der Waals surface area (Å²) in [6, 6.07) is 13.1. The first-order valence-electron chi connectivity index (χ1n) is 14.3. The van der Waals surface area contributed by atoms with Crippen LogP contribution in [0, 0.1) is 0 Å². The van der Waals surface area contributed by atoms with Gasteiger partial charge in [0.1, 0.15) is 32.0 Å². The third-order valence-corrected chi connectivity index (χ3v) is 5.67. The zero-order chi connectivity index (χ0) is 30.0. The molecular weight excluding hydrogens is 546 g/mol. The van der Waals surface area contributed by atoms with Gasteiger partial charge in [-0.05, 0) is 50.6 Å². The lowest BCUT2D eigenvalue weighted by molar-refractivity contribution is 0.0223. The van der Waals surface area contributed by atoms with Gasteiger partial charge in [-0.2, -0.15) is 0 Å². The molecule has 0 aliphatic carbocycles. The van der Waals surface area contributed by atoms with Gasteiger partial charge in [-0.25, -0.2) is 4.79 Å². The van der Waals surface area contributed by atoms with Crippen molar-refractivity contribution in [3.63, 3.8) is 0 Å². The van der Waals surface area contributed by atoms with Gasteiger partial charge in [-0.15, -0.1) is 0 Å². The van der Waals surface area contributed by atoms with Crippen molar-refractivity contribution in [2.75, 3.05) is 86.3 Å². The molecule has 0 saturated heterocycles. The van der Waals surface area contributed by atoms with Crippen LogP contribution in [-0.4, -0.2) is 103 Å². The molecule has 3 rings (SSSR count). The smallest absolute Gasteiger partial charge is 0.410 e. The Morgan fingerprint density at radius 3 is 1.50 bits per heavy atom. The Morgan fingerprint density at radius 1 is 0.643 bits per heavy atom. The van der Waals surface area contributed by atoms with Gasteiger partial charge in [0.2, 0.25) is 0 Å². The van der Waals surface area contributed by atoms with E-state index >= 15 is 0 Å². The van der Waals surface area contributed by atoms with Gasteiger partial charge < -0.3 is 47.5 Å². The summed E-state index contributed by atoms with van der Waals surface area (Å²) in [5.74, 6) is 2.45. The van der Waals surface area contributed by atoms with Crippen LogP contribution < -0.4 is 18.9 Å². The molecule has 2 aromatic rings. The molecule has 1 aliphatic heterocycles. The minimum Gasteiger partial charge on any atom is -0.487 e. The van der Waals surface area contributed by atoms with Gasteiger partial charge in [-0.3, -0.25) is 0 Å². The van der Waals surface area contributed by atoms with Crippen molar-refractivity contribution in [3.05, 3.63) is 48.0 Å². The van der Waals surface area contributed by atoms with E-state index in [9.17, 15) is 4.79 Å². The van der Waals surface area contributed by atoms with Crippen LogP contribution in [0.1, 0.15) is 26.3 Å². The summed E-state index contributed by atoms with van der Waals surface area (Å²) in [6.45, 7) is 10.6. The van der Waals surface area contributed by atoms with Crippen LogP contribution in [0.3, 0.4) is 0 Å². The predicted octanol–water partition coefficient (Wildman–Crippen LogP) is 4.35. The topological polar surface area (TPSA) is 103 Å². The SMILES string of the molecule is CN(Cc1ccc2c(c1)OCCOCCOCCOc1ccccc1OCCOCCOCCO2)C(=O)OC(C)(C)C. The first-order valence-corrected chi connectivity index (χ1v) is 14.3. The number of fused-ring (bicyclic) bond motifs is 2. The molecule has 0 bridgehead atoms. The van der Waals surface area contributed by atoms with Crippen molar-refractivity contribution >= 4 is 6.09 Å². The molecule has 0 fully saturated rings. The van der Waals surface area contributed by atoms with E-state index in [4.69, 9.17) is 42.6 Å². The Morgan fingerprint density at radius 2 is 1.05 bits per heavy atom. The van der Waals surface area contributed by atoms with E-state index in [0.717, 1.165) is 5.56 Å². The molecule has 0 spiro atoms. The number of para-hydroxylation sites is 2. The molecule has 2 aromatic carbocycles. The zero-order valence-corrected chi connectivity index (χ0v) is 25.3. The number of hydrogen-bond acceptors (Lipinski definition) is 10. The van der Waals surface area contributed by atoms with Gasteiger partial charge in [0.25, 0.3) is 0 Å². The van der Waals surface area contributed by atoms with Gasteiger partial charge in [0.05, 0.1) is 52.9 Å². The second-order valence-corrected chi connectivity index (χ2v) is 10.4. The minimum absolute atomic E-state index is 0.315. The standard InChI is InChI=1S/C31H45NO10/c1-31(2,3)42-30(33)32(4)24-25-9-10-28-29(23-25)41-22-18-37-14-13-35-16-20-39-27-8-6-5-7-26(27)38-19-15-34-11-12-36-17-21-40-28/h5-10,23H,11-22,24H2,1-4H3. The maximum atomic E-state index is 12.4. The summed E-state index contributed by atoms with van der Waals surface area (Å²) in [6.07, 6.45) is -0.400. The normalized spacial score (nSPS) is 17.0. The third kappa shape index (κ3) is 13.2. The maximum Gasteiger partial charge on any atom is 0.410 e. The summed E-state index contributed by atoms with van der Waals surface area (Å²) < 4.78 is 51.6. The summed E-state index contributed by atoms with van der Waals surface area (Å²) in [7, 11) is 1.69.